The Labute approximate surface area is 282 Å². The quantitative estimate of drug-likeness (QED) is 0.221. The van der Waals surface area contributed by atoms with Crippen molar-refractivity contribution in [3.63, 3.8) is 0 Å². The predicted octanol–water partition coefficient (Wildman–Crippen LogP) is 2.82. The average molecular weight is 672 g/mol. The number of ketones is 1. The standard InChI is InChI=1S/C35H50N4O9/c1-24(2)35(46)33(44)39(47)34(45,22-27-13-10-14-29(41)21-27)32(43)38-18-11-15-30(37-38)31(42)48-19-9-7-5-6-8-12-25(3)20-28(23-36-35)17-16-26(4)40/h5-8,10,13-14,21,24-25,28,30,36-37,45-46H,9,11-12,15-20,22-23H2,1-4H3/p+1. The summed E-state index contributed by atoms with van der Waals surface area (Å²) in [4.78, 5) is 66.8. The number of allylic oxidation sites excluding steroid dienone is 3. The van der Waals surface area contributed by atoms with Gasteiger partial charge in [-0.05, 0) is 75.0 Å². The fraction of sp³-hybridized carbons (Fsp3) is 0.600. The molecule has 264 valence electrons. The monoisotopic (exact) mass is 671 g/mol. The number of hydrazine groups is 1. The Hall–Kier alpha value is -3.78. The molecule has 0 aliphatic carbocycles. The number of nitrogens with zero attached hydrogens (tertiary/aromatic N) is 2. The number of hydrogen-bond donors (Lipinski definition) is 5. The minimum atomic E-state index is -3.09. The third-order valence-corrected chi connectivity index (χ3v) is 8.85. The first-order valence-electron chi connectivity index (χ1n) is 16.7. The van der Waals surface area contributed by atoms with E-state index in [0.29, 0.717) is 38.5 Å². The molecule has 0 saturated carbocycles. The molecular weight excluding hydrogens is 620 g/mol. The van der Waals surface area contributed by atoms with Crippen molar-refractivity contribution >= 4 is 23.6 Å². The SMILES string of the molecule is CC(=O)CCC1CNC(O)(C(C)C)C(=O)[N+](=O)C(O)(Cc2cccc(O)c2)C(=O)N2CCCC(N2)C(=O)OCCC=CC=CCC(C)C1. The number of esters is 1. The summed E-state index contributed by atoms with van der Waals surface area (Å²) in [5, 5.41) is 37.5. The van der Waals surface area contributed by atoms with Gasteiger partial charge in [-0.3, -0.25) is 19.9 Å². The summed E-state index contributed by atoms with van der Waals surface area (Å²) in [5.41, 5.74) is -2.69. The third kappa shape index (κ3) is 10.4. The van der Waals surface area contributed by atoms with E-state index in [1.165, 1.54) is 45.0 Å². The number of benzene rings is 1. The van der Waals surface area contributed by atoms with Crippen LogP contribution in [0.1, 0.15) is 78.2 Å². The maximum atomic E-state index is 14.1. The molecular formula is C35H51N4O9+. The van der Waals surface area contributed by atoms with Gasteiger partial charge in [-0.1, -0.05) is 57.2 Å². The highest BCUT2D eigenvalue weighted by Crippen LogP contribution is 2.27. The molecule has 0 aromatic heterocycles. The summed E-state index contributed by atoms with van der Waals surface area (Å²) < 4.78 is 4.99. The van der Waals surface area contributed by atoms with Crippen molar-refractivity contribution in [2.75, 3.05) is 19.7 Å². The van der Waals surface area contributed by atoms with Gasteiger partial charge in [0, 0.05) is 30.3 Å². The number of aromatic hydroxyl groups is 1. The van der Waals surface area contributed by atoms with E-state index < -0.39 is 52.4 Å². The molecule has 1 aromatic rings. The van der Waals surface area contributed by atoms with Crippen LogP contribution >= 0.6 is 0 Å². The Morgan fingerprint density at radius 2 is 1.90 bits per heavy atom. The van der Waals surface area contributed by atoms with E-state index >= 15 is 0 Å². The van der Waals surface area contributed by atoms with Crippen molar-refractivity contribution in [2.45, 2.75) is 96.6 Å². The van der Waals surface area contributed by atoms with Crippen LogP contribution in [-0.4, -0.2) is 85.8 Å². The lowest BCUT2D eigenvalue weighted by Crippen LogP contribution is -2.69. The summed E-state index contributed by atoms with van der Waals surface area (Å²) in [6, 6.07) is 4.58. The Bertz CT molecular complexity index is 1380. The molecule has 48 heavy (non-hydrogen) atoms. The van der Waals surface area contributed by atoms with Crippen LogP contribution in [0.5, 0.6) is 5.75 Å². The highest BCUT2D eigenvalue weighted by atomic mass is 16.5. The summed E-state index contributed by atoms with van der Waals surface area (Å²) in [6.07, 6.45) is 10.2. The smallest absolute Gasteiger partial charge is 0.483 e. The van der Waals surface area contributed by atoms with E-state index in [1.54, 1.807) is 0 Å². The highest BCUT2D eigenvalue weighted by molar-refractivity contribution is 5.87. The van der Waals surface area contributed by atoms with Crippen molar-refractivity contribution in [1.29, 1.82) is 0 Å². The van der Waals surface area contributed by atoms with Gasteiger partial charge in [0.05, 0.1) is 13.0 Å². The molecule has 2 amide bonds. The molecule has 0 radical (unpaired) electrons. The Kier molecular flexibility index (Phi) is 14.2. The number of ether oxygens (including phenoxy) is 1. The number of fused-ring (bicyclic) bond motifs is 2. The van der Waals surface area contributed by atoms with Gasteiger partial charge in [0.25, 0.3) is 5.72 Å². The normalized spacial score (nSPS) is 28.9. The lowest BCUT2D eigenvalue weighted by atomic mass is 9.88. The van der Waals surface area contributed by atoms with Gasteiger partial charge < -0.3 is 24.9 Å². The van der Waals surface area contributed by atoms with Crippen molar-refractivity contribution in [1.82, 2.24) is 15.8 Å². The largest absolute Gasteiger partial charge is 0.508 e. The molecule has 5 unspecified atom stereocenters. The number of cyclic esters (lactones) is 1. The summed E-state index contributed by atoms with van der Waals surface area (Å²) in [5.74, 6) is -4.38. The van der Waals surface area contributed by atoms with E-state index in [-0.39, 0.29) is 48.6 Å². The molecule has 5 atom stereocenters. The van der Waals surface area contributed by atoms with Gasteiger partial charge in [0.2, 0.25) is 0 Å². The second kappa shape index (κ2) is 17.6. The van der Waals surface area contributed by atoms with Crippen LogP contribution in [0.3, 0.4) is 0 Å². The van der Waals surface area contributed by atoms with Crippen LogP contribution in [0.4, 0.5) is 0 Å². The lowest BCUT2D eigenvalue weighted by Gasteiger charge is -2.35. The Morgan fingerprint density at radius 3 is 2.58 bits per heavy atom. The lowest BCUT2D eigenvalue weighted by molar-refractivity contribution is -0.595. The minimum Gasteiger partial charge on any atom is -0.508 e. The van der Waals surface area contributed by atoms with Crippen LogP contribution in [-0.2, 0) is 30.3 Å². The zero-order valence-corrected chi connectivity index (χ0v) is 28.4. The molecule has 1 saturated heterocycles. The van der Waals surface area contributed by atoms with Crippen LogP contribution in [0.15, 0.2) is 48.6 Å². The number of aliphatic hydroxyl groups is 2. The van der Waals surface area contributed by atoms with Gasteiger partial charge >= 0.3 is 23.5 Å². The number of nitroso groups, excluding NO2 is 1. The van der Waals surface area contributed by atoms with Crippen LogP contribution in [0.2, 0.25) is 0 Å². The minimum absolute atomic E-state index is 0.00143. The van der Waals surface area contributed by atoms with Crippen LogP contribution in [0.25, 0.3) is 0 Å². The van der Waals surface area contributed by atoms with Crippen LogP contribution < -0.4 is 10.7 Å². The molecule has 13 heteroatoms. The summed E-state index contributed by atoms with van der Waals surface area (Å²) in [6.45, 7) is 6.78. The van der Waals surface area contributed by atoms with Gasteiger partial charge in [-0.25, -0.2) is 10.2 Å². The fourth-order valence-electron chi connectivity index (χ4n) is 5.92. The molecule has 2 heterocycles. The molecule has 1 aromatic carbocycles. The van der Waals surface area contributed by atoms with E-state index in [2.05, 4.69) is 17.7 Å². The van der Waals surface area contributed by atoms with Gasteiger partial charge in [0.15, 0.2) is 0 Å². The van der Waals surface area contributed by atoms with E-state index in [9.17, 15) is 39.4 Å². The maximum absolute atomic E-state index is 14.1. The second-order valence-electron chi connectivity index (χ2n) is 13.3. The van der Waals surface area contributed by atoms with Crippen molar-refractivity contribution < 1.29 is 44.0 Å². The predicted molar refractivity (Wildman–Crippen MR) is 177 cm³/mol. The van der Waals surface area contributed by atoms with Gasteiger partial charge in [-0.15, -0.1) is 0 Å². The Morgan fingerprint density at radius 1 is 1.17 bits per heavy atom. The topological polar surface area (TPSA) is 186 Å². The summed E-state index contributed by atoms with van der Waals surface area (Å²) >= 11 is 0. The first kappa shape index (κ1) is 38.7. The number of rotatable bonds is 6. The van der Waals surface area contributed by atoms with Crippen LogP contribution in [0, 0.1) is 22.7 Å². The number of amides is 2. The first-order chi connectivity index (χ1) is 22.7. The molecule has 0 spiro atoms. The number of phenols is 1. The molecule has 2 bridgehead atoms. The van der Waals surface area contributed by atoms with Crippen molar-refractivity contribution in [3.8, 4) is 5.75 Å². The number of carbonyl (C=O) groups is 4. The number of carbonyl (C=O) groups excluding carboxylic acids is 4. The average Bonchev–Trinajstić information content (AvgIpc) is 3.05. The summed E-state index contributed by atoms with van der Waals surface area (Å²) in [7, 11) is 0. The molecule has 13 nitrogen and oxygen atoms in total. The van der Waals surface area contributed by atoms with Gasteiger partial charge in [-0.2, -0.15) is 0 Å². The fourth-order valence-corrected chi connectivity index (χ4v) is 5.92. The van der Waals surface area contributed by atoms with E-state index in [4.69, 9.17) is 4.74 Å². The number of Topliss-reactive ketones (excluding diaryl/α,β-unsaturated/α-hetero) is 1. The number of phenolic OH excluding ortho intramolecular Hbond substituents is 1. The van der Waals surface area contributed by atoms with E-state index in [1.807, 2.05) is 24.3 Å². The zero-order chi connectivity index (χ0) is 35.5. The molecule has 1 fully saturated rings. The number of nitrogens with one attached hydrogen (secondary N) is 2. The van der Waals surface area contributed by atoms with Crippen molar-refractivity contribution in [3.05, 3.63) is 59.0 Å². The Balaban J connectivity index is 2.04. The van der Waals surface area contributed by atoms with Gasteiger partial charge in [0.1, 0.15) is 22.3 Å². The van der Waals surface area contributed by atoms with Crippen molar-refractivity contribution in [2.24, 2.45) is 17.8 Å². The first-order valence-corrected chi connectivity index (χ1v) is 16.7. The molecule has 2 aliphatic heterocycles. The maximum Gasteiger partial charge on any atom is 0.483 e. The zero-order valence-electron chi connectivity index (χ0n) is 28.4. The molecule has 3 rings (SSSR count). The second-order valence-corrected chi connectivity index (χ2v) is 13.3. The number of hydrogen-bond acceptors (Lipinski definition) is 11. The van der Waals surface area contributed by atoms with E-state index in [0.717, 1.165) is 11.4 Å². The molecule has 2 aliphatic rings. The molecule has 5 N–H and O–H groups in total. The third-order valence-electron chi connectivity index (χ3n) is 8.85. The highest BCUT2D eigenvalue weighted by Gasteiger charge is 2.63.